The third-order valence-electron chi connectivity index (χ3n) is 12.8. The highest BCUT2D eigenvalue weighted by molar-refractivity contribution is 7.14. The molecule has 4 fully saturated rings. The fraction of sp³-hybridized carbons (Fsp3) is 0.533. The Morgan fingerprint density at radius 2 is 1.55 bits per heavy atom. The predicted molar refractivity (Wildman–Crippen MR) is 229 cm³/mol. The number of nitrogens with zero attached hydrogens (tertiary/aromatic N) is 5. The molecule has 19 heteroatoms. The lowest BCUT2D eigenvalue weighted by atomic mass is 9.77. The minimum absolute atomic E-state index is 0.0110. The van der Waals surface area contributed by atoms with Crippen molar-refractivity contribution in [1.29, 1.82) is 0 Å². The lowest BCUT2D eigenvalue weighted by Crippen LogP contribution is -2.54. The molecule has 0 spiro atoms. The molecule has 3 aromatic rings. The number of imide groups is 2. The number of hydrogen-bond acceptors (Lipinski definition) is 12. The Hall–Kier alpha value is -5.56. The number of fused-ring (bicyclic) bond motifs is 3. The maximum Gasteiger partial charge on any atom is 0.262 e. The van der Waals surface area contributed by atoms with E-state index >= 15 is 8.78 Å². The smallest absolute Gasteiger partial charge is 0.262 e. The number of rotatable bonds is 14. The van der Waals surface area contributed by atoms with Crippen molar-refractivity contribution in [3.63, 3.8) is 0 Å². The number of hydrogen-bond donors (Lipinski definition) is 2. The van der Waals surface area contributed by atoms with Crippen LogP contribution in [0.15, 0.2) is 29.6 Å². The van der Waals surface area contributed by atoms with Gasteiger partial charge in [0.15, 0.2) is 23.3 Å². The van der Waals surface area contributed by atoms with Crippen molar-refractivity contribution in [2.45, 2.75) is 90.9 Å². The molecule has 0 radical (unpaired) electrons. The second kappa shape index (κ2) is 17.8. The normalized spacial score (nSPS) is 21.4. The van der Waals surface area contributed by atoms with Gasteiger partial charge in [-0.3, -0.25) is 39.0 Å². The molecular formula is C45H52F3N7O8S. The lowest BCUT2D eigenvalue weighted by molar-refractivity contribution is -0.136. The van der Waals surface area contributed by atoms with Crippen molar-refractivity contribution in [3.05, 3.63) is 58.2 Å². The van der Waals surface area contributed by atoms with Gasteiger partial charge in [-0.1, -0.05) is 27.7 Å². The number of carbonyl (C=O) groups is 6. The number of carbonyl (C=O) groups excluding carboxylic acids is 6. The number of halogens is 3. The summed E-state index contributed by atoms with van der Waals surface area (Å²) < 4.78 is 56.6. The predicted octanol–water partition coefficient (Wildman–Crippen LogP) is 5.06. The van der Waals surface area contributed by atoms with Gasteiger partial charge in [0.25, 0.3) is 17.7 Å². The van der Waals surface area contributed by atoms with Gasteiger partial charge >= 0.3 is 0 Å². The van der Waals surface area contributed by atoms with Gasteiger partial charge in [0.1, 0.15) is 11.9 Å². The maximum absolute atomic E-state index is 15.5. The van der Waals surface area contributed by atoms with Crippen LogP contribution in [0.25, 0.3) is 11.3 Å². The molecule has 2 N–H and O–H groups in total. The molecule has 4 saturated heterocycles. The van der Waals surface area contributed by atoms with Crippen LogP contribution in [0.2, 0.25) is 0 Å². The summed E-state index contributed by atoms with van der Waals surface area (Å²) in [6.07, 6.45) is 3.83. The Balaban J connectivity index is 0.793. The molecule has 1 aromatic heterocycles. The first-order valence-corrected chi connectivity index (χ1v) is 22.6. The van der Waals surface area contributed by atoms with Crippen LogP contribution in [0.4, 0.5) is 24.0 Å². The molecule has 8 rings (SSSR count). The summed E-state index contributed by atoms with van der Waals surface area (Å²) in [5.74, 6) is -6.71. The number of ether oxygens (including phenoxy) is 2. The van der Waals surface area contributed by atoms with Gasteiger partial charge in [0, 0.05) is 69.6 Å². The summed E-state index contributed by atoms with van der Waals surface area (Å²) in [7, 11) is 0. The van der Waals surface area contributed by atoms with Gasteiger partial charge in [0.05, 0.1) is 34.7 Å². The van der Waals surface area contributed by atoms with E-state index in [1.807, 2.05) is 27.7 Å². The summed E-state index contributed by atoms with van der Waals surface area (Å²) in [5, 5.41) is 7.52. The van der Waals surface area contributed by atoms with Crippen LogP contribution in [0, 0.1) is 28.3 Å². The Bertz CT molecular complexity index is 2370. The zero-order valence-corrected chi connectivity index (χ0v) is 37.1. The van der Waals surface area contributed by atoms with Gasteiger partial charge in [-0.2, -0.15) is 4.39 Å². The fourth-order valence-electron chi connectivity index (χ4n) is 9.00. The summed E-state index contributed by atoms with van der Waals surface area (Å²) in [6, 6.07) is 3.58. The highest BCUT2D eigenvalue weighted by atomic mass is 32.1. The van der Waals surface area contributed by atoms with Crippen molar-refractivity contribution in [3.8, 4) is 17.0 Å². The minimum Gasteiger partial charge on any atom is -0.480 e. The monoisotopic (exact) mass is 907 g/mol. The van der Waals surface area contributed by atoms with Crippen molar-refractivity contribution in [2.75, 3.05) is 62.2 Å². The Kier molecular flexibility index (Phi) is 12.5. The van der Waals surface area contributed by atoms with E-state index in [1.165, 1.54) is 23.5 Å². The molecule has 5 aliphatic rings. The second-order valence-corrected chi connectivity index (χ2v) is 19.7. The first kappa shape index (κ1) is 45.0. The molecule has 6 heterocycles. The van der Waals surface area contributed by atoms with E-state index in [9.17, 15) is 33.2 Å². The average Bonchev–Trinajstić information content (AvgIpc) is 3.95. The molecule has 0 aliphatic carbocycles. The summed E-state index contributed by atoms with van der Waals surface area (Å²) >= 11 is 1.40. The zero-order valence-electron chi connectivity index (χ0n) is 36.3. The Morgan fingerprint density at radius 3 is 2.23 bits per heavy atom. The van der Waals surface area contributed by atoms with Crippen molar-refractivity contribution in [2.24, 2.45) is 10.8 Å². The number of morpholine rings is 1. The molecule has 342 valence electrons. The first-order chi connectivity index (χ1) is 30.4. The standard InChI is InChI=1S/C45H52F3N7O8S/c1-44(2,19-37(58)53-15-13-52(14-16-53)34-18-29-28(17-31(34)47)41(60)55(42(29)61)33-9-10-35(56)51-40(33)59)11-12-45(3,4)24-49-36(57)22-62-39-27(7-8-30(46)38(39)48)32-23-64-43(50-32)54-20-25-5-6-26(21-54)63-25/h7-8,17-18,23,25-26,33H,5-6,9-16,19-22,24H2,1-4H3,(H,49,57)(H,51,56,59). The quantitative estimate of drug-likeness (QED) is 0.207. The minimum atomic E-state index is -1.20. The van der Waals surface area contributed by atoms with Crippen LogP contribution in [0.1, 0.15) is 93.4 Å². The van der Waals surface area contributed by atoms with Gasteiger partial charge < -0.3 is 29.5 Å². The molecule has 0 saturated carbocycles. The molecule has 2 aromatic carbocycles. The summed E-state index contributed by atoms with van der Waals surface area (Å²) in [4.78, 5) is 88.1. The Morgan fingerprint density at radius 1 is 0.875 bits per heavy atom. The SMILES string of the molecule is CC(C)(CCC(C)(C)CC(=O)N1CCN(c2cc3c(cc2F)C(=O)N(C2CCC(=O)NC2=O)C3=O)CC1)CNC(=O)COc1c(-c2csc(N3CC4CCC(C3)O4)n2)ccc(F)c1F. The highest BCUT2D eigenvalue weighted by Crippen LogP contribution is 2.39. The van der Waals surface area contributed by atoms with Crippen molar-refractivity contribution in [1.82, 2.24) is 25.4 Å². The Labute approximate surface area is 372 Å². The maximum atomic E-state index is 15.5. The van der Waals surface area contributed by atoms with Crippen LogP contribution >= 0.6 is 11.3 Å². The topological polar surface area (TPSA) is 171 Å². The van der Waals surface area contributed by atoms with E-state index in [4.69, 9.17) is 14.5 Å². The summed E-state index contributed by atoms with van der Waals surface area (Å²) in [6.45, 7) is 10.3. The highest BCUT2D eigenvalue weighted by Gasteiger charge is 2.45. The number of nitrogens with one attached hydrogen (secondary N) is 2. The summed E-state index contributed by atoms with van der Waals surface area (Å²) in [5.41, 5.74) is -0.183. The van der Waals surface area contributed by atoms with Gasteiger partial charge in [-0.05, 0) is 67.2 Å². The van der Waals surface area contributed by atoms with Gasteiger partial charge in [0.2, 0.25) is 23.5 Å². The number of aromatic nitrogens is 1. The van der Waals surface area contributed by atoms with Gasteiger partial charge in [-0.15, -0.1) is 11.3 Å². The lowest BCUT2D eigenvalue weighted by Gasteiger charge is -2.38. The van der Waals surface area contributed by atoms with Crippen LogP contribution in [0.3, 0.4) is 0 Å². The van der Waals surface area contributed by atoms with Crippen LogP contribution in [-0.2, 0) is 23.9 Å². The number of piperazine rings is 1. The van der Waals surface area contributed by atoms with Crippen molar-refractivity contribution < 1.29 is 51.4 Å². The van der Waals surface area contributed by atoms with Crippen molar-refractivity contribution >= 4 is 57.6 Å². The third kappa shape index (κ3) is 9.46. The number of thiazole rings is 1. The molecule has 3 atom stereocenters. The first-order valence-electron chi connectivity index (χ1n) is 21.7. The number of benzene rings is 2. The van der Waals surface area contributed by atoms with E-state index in [0.29, 0.717) is 44.7 Å². The average molecular weight is 908 g/mol. The van der Waals surface area contributed by atoms with Crippen LogP contribution < -0.4 is 25.2 Å². The third-order valence-corrected chi connectivity index (χ3v) is 13.7. The number of anilines is 2. The molecule has 3 unspecified atom stereocenters. The van der Waals surface area contributed by atoms with E-state index in [1.54, 1.807) is 15.2 Å². The molecule has 5 aliphatic heterocycles. The van der Waals surface area contributed by atoms with E-state index < -0.39 is 70.5 Å². The fourth-order valence-corrected chi connectivity index (χ4v) is 9.84. The zero-order chi connectivity index (χ0) is 45.7. The van der Waals surface area contributed by atoms with E-state index in [-0.39, 0.29) is 85.1 Å². The van der Waals surface area contributed by atoms with Gasteiger partial charge in [-0.25, -0.2) is 13.8 Å². The molecule has 2 bridgehead atoms. The number of amides is 6. The molecule has 15 nitrogen and oxygen atoms in total. The van der Waals surface area contributed by atoms with E-state index in [2.05, 4.69) is 15.5 Å². The molecular weight excluding hydrogens is 856 g/mol. The van der Waals surface area contributed by atoms with Crippen LogP contribution in [-0.4, -0.2) is 121 Å². The number of piperidine rings is 1. The van der Waals surface area contributed by atoms with E-state index in [0.717, 1.165) is 35.0 Å². The molecule has 64 heavy (non-hydrogen) atoms. The van der Waals surface area contributed by atoms with Crippen LogP contribution in [0.5, 0.6) is 5.75 Å². The molecule has 6 amide bonds. The largest absolute Gasteiger partial charge is 0.480 e. The second-order valence-electron chi connectivity index (χ2n) is 18.9.